The Bertz CT molecular complexity index is 477. The molecule has 0 radical (unpaired) electrons. The number of aromatic nitrogens is 2. The van der Waals surface area contributed by atoms with Crippen LogP contribution in [0.4, 0.5) is 5.82 Å². The molecule has 1 saturated heterocycles. The highest BCUT2D eigenvalue weighted by atomic mass is 16.1. The summed E-state index contributed by atoms with van der Waals surface area (Å²) in [5, 5.41) is 6.19. The van der Waals surface area contributed by atoms with Crippen LogP contribution in [0.25, 0.3) is 0 Å². The molecule has 6 heteroatoms. The van der Waals surface area contributed by atoms with Crippen molar-refractivity contribution in [2.75, 3.05) is 25.0 Å². The number of nitrogens with one attached hydrogen (secondary N) is 2. The predicted octanol–water partition coefficient (Wildman–Crippen LogP) is 0.927. The van der Waals surface area contributed by atoms with E-state index in [0.29, 0.717) is 0 Å². The van der Waals surface area contributed by atoms with Gasteiger partial charge in [-0.1, -0.05) is 0 Å². The van der Waals surface area contributed by atoms with Gasteiger partial charge in [0, 0.05) is 44.4 Å². The largest absolute Gasteiger partial charge is 0.370 e. The van der Waals surface area contributed by atoms with Crippen molar-refractivity contribution in [1.82, 2.24) is 20.2 Å². The Kier molecular flexibility index (Phi) is 4.89. The van der Waals surface area contributed by atoms with Crippen LogP contribution in [0.2, 0.25) is 0 Å². The molecule has 1 aromatic rings. The van der Waals surface area contributed by atoms with Gasteiger partial charge in [-0.2, -0.15) is 0 Å². The Morgan fingerprint density at radius 2 is 2.30 bits per heavy atom. The number of carbonyl (C=O) groups is 1. The van der Waals surface area contributed by atoms with Crippen molar-refractivity contribution in [2.24, 2.45) is 0 Å². The van der Waals surface area contributed by atoms with Gasteiger partial charge in [0.05, 0.1) is 6.54 Å². The molecule has 6 nitrogen and oxygen atoms in total. The van der Waals surface area contributed by atoms with Gasteiger partial charge < -0.3 is 10.6 Å². The molecular formula is C14H23N5O. The zero-order chi connectivity index (χ0) is 14.5. The average molecular weight is 277 g/mol. The molecule has 1 fully saturated rings. The highest BCUT2D eigenvalue weighted by Crippen LogP contribution is 2.13. The van der Waals surface area contributed by atoms with E-state index in [9.17, 15) is 4.79 Å². The van der Waals surface area contributed by atoms with Gasteiger partial charge in [0.15, 0.2) is 0 Å². The lowest BCUT2D eigenvalue weighted by atomic mass is 10.3. The van der Waals surface area contributed by atoms with Crippen LogP contribution in [0.3, 0.4) is 0 Å². The van der Waals surface area contributed by atoms with Gasteiger partial charge in [0.2, 0.25) is 5.91 Å². The van der Waals surface area contributed by atoms with Crippen LogP contribution in [0.15, 0.2) is 6.07 Å². The highest BCUT2D eigenvalue weighted by Gasteiger charge is 2.23. The van der Waals surface area contributed by atoms with Gasteiger partial charge in [-0.15, -0.1) is 0 Å². The molecule has 0 aromatic carbocycles. The third-order valence-electron chi connectivity index (χ3n) is 3.30. The quantitative estimate of drug-likeness (QED) is 0.838. The molecule has 0 spiro atoms. The molecule has 0 saturated carbocycles. The van der Waals surface area contributed by atoms with E-state index in [1.54, 1.807) is 6.92 Å². The monoisotopic (exact) mass is 277 g/mol. The van der Waals surface area contributed by atoms with E-state index in [2.05, 4.69) is 32.4 Å². The van der Waals surface area contributed by atoms with Crippen LogP contribution in [0.1, 0.15) is 31.8 Å². The van der Waals surface area contributed by atoms with Crippen molar-refractivity contribution in [2.45, 2.75) is 39.8 Å². The average Bonchev–Trinajstić information content (AvgIpc) is 2.75. The summed E-state index contributed by atoms with van der Waals surface area (Å²) in [5.41, 5.74) is 0.976. The summed E-state index contributed by atoms with van der Waals surface area (Å²) in [4.78, 5) is 22.4. The van der Waals surface area contributed by atoms with Crippen LogP contribution in [-0.4, -0.2) is 46.5 Å². The molecule has 1 aliphatic rings. The van der Waals surface area contributed by atoms with Crippen molar-refractivity contribution in [1.29, 1.82) is 0 Å². The fraction of sp³-hybridized carbons (Fsp3) is 0.643. The normalized spacial score (nSPS) is 19.1. The molecule has 1 aliphatic heterocycles. The Morgan fingerprint density at radius 3 is 3.00 bits per heavy atom. The molecule has 110 valence electrons. The van der Waals surface area contributed by atoms with Crippen LogP contribution in [-0.2, 0) is 11.3 Å². The van der Waals surface area contributed by atoms with E-state index >= 15 is 0 Å². The molecule has 1 unspecified atom stereocenters. The summed E-state index contributed by atoms with van der Waals surface area (Å²) in [7, 11) is 0. The van der Waals surface area contributed by atoms with Crippen LogP contribution in [0, 0.1) is 6.92 Å². The zero-order valence-electron chi connectivity index (χ0n) is 12.4. The van der Waals surface area contributed by atoms with E-state index in [0.717, 1.165) is 49.9 Å². The van der Waals surface area contributed by atoms with E-state index in [1.807, 2.05) is 13.0 Å². The molecule has 0 aliphatic carbocycles. The topological polar surface area (TPSA) is 70.2 Å². The lowest BCUT2D eigenvalue weighted by Crippen LogP contribution is -2.35. The SMILES string of the molecule is CCNc1cc(C)nc(CN2CCC(NC(C)=O)C2)n1. The lowest BCUT2D eigenvalue weighted by molar-refractivity contribution is -0.119. The Balaban J connectivity index is 1.95. The molecule has 0 bridgehead atoms. The van der Waals surface area contributed by atoms with Gasteiger partial charge in [-0.25, -0.2) is 9.97 Å². The highest BCUT2D eigenvalue weighted by molar-refractivity contribution is 5.73. The lowest BCUT2D eigenvalue weighted by Gasteiger charge is -2.16. The molecule has 20 heavy (non-hydrogen) atoms. The second kappa shape index (κ2) is 6.65. The molecule has 1 aromatic heterocycles. The number of anilines is 1. The minimum atomic E-state index is 0.0399. The van der Waals surface area contributed by atoms with Crippen LogP contribution >= 0.6 is 0 Å². The summed E-state index contributed by atoms with van der Waals surface area (Å²) >= 11 is 0. The molecule has 1 atom stereocenters. The van der Waals surface area contributed by atoms with E-state index < -0.39 is 0 Å². The van der Waals surface area contributed by atoms with E-state index in [-0.39, 0.29) is 11.9 Å². The summed E-state index contributed by atoms with van der Waals surface area (Å²) in [6.07, 6.45) is 0.992. The molecule has 1 amide bonds. The Hall–Kier alpha value is -1.69. The van der Waals surface area contributed by atoms with E-state index in [1.165, 1.54) is 0 Å². The number of amides is 1. The van der Waals surface area contributed by atoms with Crippen molar-refractivity contribution >= 4 is 11.7 Å². The first kappa shape index (κ1) is 14.7. The second-order valence-electron chi connectivity index (χ2n) is 5.26. The maximum Gasteiger partial charge on any atom is 0.217 e. The molecule has 2 N–H and O–H groups in total. The maximum atomic E-state index is 11.1. The van der Waals surface area contributed by atoms with Gasteiger partial charge in [0.25, 0.3) is 0 Å². The van der Waals surface area contributed by atoms with Crippen molar-refractivity contribution in [3.05, 3.63) is 17.6 Å². The summed E-state index contributed by atoms with van der Waals surface area (Å²) in [6, 6.07) is 2.21. The molecule has 2 rings (SSSR count). The number of hydrogen-bond acceptors (Lipinski definition) is 5. The summed E-state index contributed by atoms with van der Waals surface area (Å²) < 4.78 is 0. The van der Waals surface area contributed by atoms with Gasteiger partial charge in [0.1, 0.15) is 11.6 Å². The van der Waals surface area contributed by atoms with Crippen molar-refractivity contribution < 1.29 is 4.79 Å². The number of hydrogen-bond donors (Lipinski definition) is 2. The van der Waals surface area contributed by atoms with Gasteiger partial charge in [-0.3, -0.25) is 9.69 Å². The van der Waals surface area contributed by atoms with Crippen LogP contribution < -0.4 is 10.6 Å². The van der Waals surface area contributed by atoms with E-state index in [4.69, 9.17) is 0 Å². The van der Waals surface area contributed by atoms with Gasteiger partial charge in [-0.05, 0) is 20.3 Å². The summed E-state index contributed by atoms with van der Waals surface area (Å²) in [5.74, 6) is 1.76. The van der Waals surface area contributed by atoms with Crippen molar-refractivity contribution in [3.63, 3.8) is 0 Å². The van der Waals surface area contributed by atoms with Crippen LogP contribution in [0.5, 0.6) is 0 Å². The third kappa shape index (κ3) is 4.16. The number of rotatable bonds is 5. The smallest absolute Gasteiger partial charge is 0.217 e. The van der Waals surface area contributed by atoms with Crippen molar-refractivity contribution in [3.8, 4) is 0 Å². The number of likely N-dealkylation sites (tertiary alicyclic amines) is 1. The van der Waals surface area contributed by atoms with Gasteiger partial charge >= 0.3 is 0 Å². The Morgan fingerprint density at radius 1 is 1.50 bits per heavy atom. The number of aryl methyl sites for hydroxylation is 1. The Labute approximate surface area is 120 Å². The first-order valence-corrected chi connectivity index (χ1v) is 7.14. The number of nitrogens with zero attached hydrogens (tertiary/aromatic N) is 3. The standard InChI is InChI=1S/C14H23N5O/c1-4-15-13-7-10(2)16-14(18-13)9-19-6-5-12(8-19)17-11(3)20/h7,12H,4-6,8-9H2,1-3H3,(H,17,20)(H,15,16,18). The summed E-state index contributed by atoms with van der Waals surface area (Å²) in [6.45, 7) is 9.02. The zero-order valence-corrected chi connectivity index (χ0v) is 12.4. The predicted molar refractivity (Wildman–Crippen MR) is 78.4 cm³/mol. The minimum absolute atomic E-state index is 0.0399. The maximum absolute atomic E-state index is 11.1. The third-order valence-corrected chi connectivity index (χ3v) is 3.30. The fourth-order valence-electron chi connectivity index (χ4n) is 2.55. The molecule has 2 heterocycles. The number of carbonyl (C=O) groups excluding carboxylic acids is 1. The minimum Gasteiger partial charge on any atom is -0.370 e. The second-order valence-corrected chi connectivity index (χ2v) is 5.26. The molecular weight excluding hydrogens is 254 g/mol. The first-order chi connectivity index (χ1) is 9.56. The first-order valence-electron chi connectivity index (χ1n) is 7.14. The fourth-order valence-corrected chi connectivity index (χ4v) is 2.55.